The Bertz CT molecular complexity index is 1150. The summed E-state index contributed by atoms with van der Waals surface area (Å²) in [6.07, 6.45) is 5.83. The Kier molecular flexibility index (Phi) is 4.05. The fraction of sp³-hybridized carbons (Fsp3) is 0.130. The first-order valence-electron chi connectivity index (χ1n) is 9.39. The SMILES string of the molecule is O=C1CCCc2nc(-c3cc(-c4ccccc4)nn3-c3cccnc3)ccc21. The van der Waals surface area contributed by atoms with Crippen molar-refractivity contribution in [2.45, 2.75) is 19.3 Å². The molecule has 1 aromatic carbocycles. The van der Waals surface area contributed by atoms with Gasteiger partial charge < -0.3 is 0 Å². The van der Waals surface area contributed by atoms with Gasteiger partial charge in [0.15, 0.2) is 5.78 Å². The largest absolute Gasteiger partial charge is 0.294 e. The number of aryl methyl sites for hydroxylation is 1. The van der Waals surface area contributed by atoms with E-state index in [4.69, 9.17) is 10.1 Å². The van der Waals surface area contributed by atoms with Gasteiger partial charge in [-0.15, -0.1) is 0 Å². The van der Waals surface area contributed by atoms with E-state index in [1.165, 1.54) is 0 Å². The highest BCUT2D eigenvalue weighted by molar-refractivity contribution is 5.98. The molecule has 5 rings (SSSR count). The average Bonchev–Trinajstić information content (AvgIpc) is 3.21. The second-order valence-corrected chi connectivity index (χ2v) is 6.87. The van der Waals surface area contributed by atoms with Gasteiger partial charge in [0.05, 0.1) is 34.7 Å². The van der Waals surface area contributed by atoms with E-state index >= 15 is 0 Å². The predicted molar refractivity (Wildman–Crippen MR) is 107 cm³/mol. The van der Waals surface area contributed by atoms with Crippen molar-refractivity contribution in [2.24, 2.45) is 0 Å². The van der Waals surface area contributed by atoms with Crippen LogP contribution >= 0.6 is 0 Å². The predicted octanol–water partition coefficient (Wildman–Crippen LogP) is 4.52. The molecule has 3 aromatic heterocycles. The number of hydrogen-bond acceptors (Lipinski definition) is 4. The van der Waals surface area contributed by atoms with Crippen LogP contribution in [0.15, 0.2) is 73.1 Å². The fourth-order valence-electron chi connectivity index (χ4n) is 3.63. The van der Waals surface area contributed by atoms with Crippen LogP contribution in [0.4, 0.5) is 0 Å². The summed E-state index contributed by atoms with van der Waals surface area (Å²) >= 11 is 0. The molecule has 0 fully saturated rings. The molecule has 0 N–H and O–H groups in total. The van der Waals surface area contributed by atoms with Crippen LogP contribution in [0, 0.1) is 0 Å². The molecule has 4 aromatic rings. The molecule has 5 heteroatoms. The maximum Gasteiger partial charge on any atom is 0.164 e. The quantitative estimate of drug-likeness (QED) is 0.535. The highest BCUT2D eigenvalue weighted by Crippen LogP contribution is 2.29. The molecule has 0 saturated heterocycles. The number of carbonyl (C=O) groups excluding carboxylic acids is 1. The second kappa shape index (κ2) is 6.85. The van der Waals surface area contributed by atoms with Crippen molar-refractivity contribution in [3.63, 3.8) is 0 Å². The third-order valence-electron chi connectivity index (χ3n) is 5.02. The monoisotopic (exact) mass is 366 g/mol. The average molecular weight is 366 g/mol. The van der Waals surface area contributed by atoms with Gasteiger partial charge >= 0.3 is 0 Å². The third-order valence-corrected chi connectivity index (χ3v) is 5.02. The summed E-state index contributed by atoms with van der Waals surface area (Å²) in [6, 6.07) is 19.8. The summed E-state index contributed by atoms with van der Waals surface area (Å²) in [4.78, 5) is 21.2. The number of pyridine rings is 2. The number of carbonyl (C=O) groups is 1. The number of aromatic nitrogens is 4. The first-order valence-corrected chi connectivity index (χ1v) is 9.39. The Balaban J connectivity index is 1.68. The minimum absolute atomic E-state index is 0.186. The van der Waals surface area contributed by atoms with Gasteiger partial charge in [-0.1, -0.05) is 30.3 Å². The Labute approximate surface area is 162 Å². The number of rotatable bonds is 3. The van der Waals surface area contributed by atoms with Crippen LogP contribution in [0.25, 0.3) is 28.3 Å². The van der Waals surface area contributed by atoms with Crippen LogP contribution in [0.2, 0.25) is 0 Å². The highest BCUT2D eigenvalue weighted by atomic mass is 16.1. The minimum Gasteiger partial charge on any atom is -0.294 e. The van der Waals surface area contributed by atoms with E-state index in [0.717, 1.165) is 52.4 Å². The maximum absolute atomic E-state index is 12.1. The van der Waals surface area contributed by atoms with Crippen LogP contribution in [0.5, 0.6) is 0 Å². The van der Waals surface area contributed by atoms with Gasteiger partial charge in [0.1, 0.15) is 0 Å². The van der Waals surface area contributed by atoms with Gasteiger partial charge in [-0.3, -0.25) is 14.8 Å². The molecule has 1 aliphatic carbocycles. The summed E-state index contributed by atoms with van der Waals surface area (Å²) in [5.74, 6) is 0.186. The van der Waals surface area contributed by atoms with Crippen LogP contribution in [-0.4, -0.2) is 25.5 Å². The molecule has 0 spiro atoms. The van der Waals surface area contributed by atoms with Gasteiger partial charge in [-0.05, 0) is 43.2 Å². The Hall–Kier alpha value is -3.60. The highest BCUT2D eigenvalue weighted by Gasteiger charge is 2.21. The van der Waals surface area contributed by atoms with Crippen molar-refractivity contribution in [3.8, 4) is 28.3 Å². The number of hydrogen-bond donors (Lipinski definition) is 0. The van der Waals surface area contributed by atoms with Crippen LogP contribution in [0.1, 0.15) is 28.9 Å². The molecule has 3 heterocycles. The first kappa shape index (κ1) is 16.6. The van der Waals surface area contributed by atoms with Gasteiger partial charge in [0.2, 0.25) is 0 Å². The molecule has 0 bridgehead atoms. The summed E-state index contributed by atoms with van der Waals surface area (Å²) in [7, 11) is 0. The smallest absolute Gasteiger partial charge is 0.164 e. The lowest BCUT2D eigenvalue weighted by molar-refractivity contribution is 0.0971. The van der Waals surface area contributed by atoms with Gasteiger partial charge in [0, 0.05) is 23.7 Å². The summed E-state index contributed by atoms with van der Waals surface area (Å²) in [6.45, 7) is 0. The molecule has 0 aliphatic heterocycles. The normalized spacial score (nSPS) is 13.4. The Morgan fingerprint density at radius 1 is 0.893 bits per heavy atom. The van der Waals surface area contributed by atoms with E-state index in [1.807, 2.05) is 65.3 Å². The first-order chi connectivity index (χ1) is 13.8. The van der Waals surface area contributed by atoms with Crippen molar-refractivity contribution in [2.75, 3.05) is 0 Å². The van der Waals surface area contributed by atoms with E-state index in [-0.39, 0.29) is 5.78 Å². The van der Waals surface area contributed by atoms with Crippen LogP contribution in [0.3, 0.4) is 0 Å². The van der Waals surface area contributed by atoms with Gasteiger partial charge in [-0.2, -0.15) is 5.10 Å². The number of Topliss-reactive ketones (excluding diaryl/α,β-unsaturated/α-hetero) is 1. The maximum atomic E-state index is 12.1. The van der Waals surface area contributed by atoms with Crippen molar-refractivity contribution in [1.82, 2.24) is 19.7 Å². The zero-order valence-corrected chi connectivity index (χ0v) is 15.2. The zero-order chi connectivity index (χ0) is 18.9. The van der Waals surface area contributed by atoms with Gasteiger partial charge in [0.25, 0.3) is 0 Å². The lowest BCUT2D eigenvalue weighted by Crippen LogP contribution is -2.13. The van der Waals surface area contributed by atoms with E-state index < -0.39 is 0 Å². The van der Waals surface area contributed by atoms with Crippen molar-refractivity contribution < 1.29 is 4.79 Å². The van der Waals surface area contributed by atoms with Gasteiger partial charge in [-0.25, -0.2) is 4.68 Å². The van der Waals surface area contributed by atoms with Crippen LogP contribution in [-0.2, 0) is 6.42 Å². The lowest BCUT2D eigenvalue weighted by atomic mass is 9.94. The summed E-state index contributed by atoms with van der Waals surface area (Å²) in [5.41, 5.74) is 6.11. The van der Waals surface area contributed by atoms with Crippen molar-refractivity contribution in [3.05, 3.63) is 84.3 Å². The number of benzene rings is 1. The Morgan fingerprint density at radius 3 is 2.61 bits per heavy atom. The molecular formula is C23H18N4O. The van der Waals surface area contributed by atoms with E-state index in [2.05, 4.69) is 4.98 Å². The molecule has 0 atom stereocenters. The van der Waals surface area contributed by atoms with Crippen molar-refractivity contribution >= 4 is 5.78 Å². The van der Waals surface area contributed by atoms with E-state index in [1.54, 1.807) is 12.4 Å². The lowest BCUT2D eigenvalue weighted by Gasteiger charge is -2.15. The topological polar surface area (TPSA) is 60.7 Å². The molecule has 136 valence electrons. The fourth-order valence-corrected chi connectivity index (χ4v) is 3.63. The molecular weight excluding hydrogens is 348 g/mol. The van der Waals surface area contributed by atoms with Crippen molar-refractivity contribution in [1.29, 1.82) is 0 Å². The Morgan fingerprint density at radius 2 is 1.79 bits per heavy atom. The summed E-state index contributed by atoms with van der Waals surface area (Å²) in [5, 5.41) is 4.82. The van der Waals surface area contributed by atoms with E-state index in [9.17, 15) is 4.79 Å². The van der Waals surface area contributed by atoms with E-state index in [0.29, 0.717) is 6.42 Å². The molecule has 0 unspecified atom stereocenters. The second-order valence-electron chi connectivity index (χ2n) is 6.87. The molecule has 1 aliphatic rings. The standard InChI is InChI=1S/C23H18N4O/c28-23-10-4-9-19-18(23)11-12-20(25-19)22-14-21(16-6-2-1-3-7-16)26-27(22)17-8-5-13-24-15-17/h1-3,5-8,11-15H,4,9-10H2. The molecule has 0 radical (unpaired) electrons. The molecule has 28 heavy (non-hydrogen) atoms. The molecule has 5 nitrogen and oxygen atoms in total. The van der Waals surface area contributed by atoms with Crippen LogP contribution < -0.4 is 0 Å². The number of fused-ring (bicyclic) bond motifs is 1. The minimum atomic E-state index is 0.186. The zero-order valence-electron chi connectivity index (χ0n) is 15.2. The summed E-state index contributed by atoms with van der Waals surface area (Å²) < 4.78 is 1.87. The number of nitrogens with zero attached hydrogens (tertiary/aromatic N) is 4. The number of ketones is 1. The molecule has 0 amide bonds. The third kappa shape index (κ3) is 2.91. The molecule has 0 saturated carbocycles.